The monoisotopic (exact) mass is 317 g/mol. The number of hydrogen-bond acceptors (Lipinski definition) is 3. The molecule has 0 spiro atoms. The number of pyridine rings is 1. The van der Waals surface area contributed by atoms with Crippen LogP contribution < -0.4 is 5.56 Å². The summed E-state index contributed by atoms with van der Waals surface area (Å²) >= 11 is 0. The number of H-pyrrole nitrogens is 1. The van der Waals surface area contributed by atoms with Gasteiger partial charge < -0.3 is 14.8 Å². The average molecular weight is 317 g/mol. The molecule has 1 N–H and O–H groups in total. The van der Waals surface area contributed by atoms with E-state index in [2.05, 4.69) is 4.98 Å². The van der Waals surface area contributed by atoms with Gasteiger partial charge in [-0.25, -0.2) is 0 Å². The molecule has 1 aromatic heterocycles. The van der Waals surface area contributed by atoms with Crippen LogP contribution >= 0.6 is 0 Å². The molecule has 2 aliphatic rings. The first-order valence-corrected chi connectivity index (χ1v) is 8.25. The van der Waals surface area contributed by atoms with Crippen molar-refractivity contribution in [2.45, 2.75) is 51.6 Å². The zero-order chi connectivity index (χ0) is 16.6. The quantitative estimate of drug-likeness (QED) is 0.909. The second kappa shape index (κ2) is 6.18. The number of carbonyl (C=O) groups is 2. The summed E-state index contributed by atoms with van der Waals surface area (Å²) in [6.45, 7) is 4.67. The maximum Gasteiger partial charge on any atom is 0.255 e. The number of likely N-dealkylation sites (tertiary alicyclic amines) is 1. The van der Waals surface area contributed by atoms with Gasteiger partial charge in [0.1, 0.15) is 0 Å². The number of aryl methyl sites for hydroxylation is 1. The van der Waals surface area contributed by atoms with Crippen molar-refractivity contribution in [2.75, 3.05) is 13.1 Å². The van der Waals surface area contributed by atoms with Gasteiger partial charge in [-0.3, -0.25) is 14.4 Å². The SMILES string of the molecule is CC(=O)N(CC1CCCN1C(=O)c1ccc(=O)[nH]c1C)C1CC1. The standard InChI is InChI=1S/C17H23N3O3/c1-11-15(7-8-16(22)18-11)17(23)19-9-3-4-14(19)10-20(12(2)21)13-5-6-13/h7-8,13-14H,3-6,9-10H2,1-2H3,(H,18,22). The van der Waals surface area contributed by atoms with Crippen molar-refractivity contribution in [1.29, 1.82) is 0 Å². The first-order chi connectivity index (χ1) is 11.0. The third-order valence-electron chi connectivity index (χ3n) is 4.78. The van der Waals surface area contributed by atoms with Crippen LogP contribution in [0.2, 0.25) is 0 Å². The fraction of sp³-hybridized carbons (Fsp3) is 0.588. The normalized spacial score (nSPS) is 20.6. The van der Waals surface area contributed by atoms with Gasteiger partial charge in [0.15, 0.2) is 0 Å². The number of rotatable bonds is 4. The van der Waals surface area contributed by atoms with Gasteiger partial charge in [-0.1, -0.05) is 0 Å². The van der Waals surface area contributed by atoms with Crippen LogP contribution in [0.15, 0.2) is 16.9 Å². The van der Waals surface area contributed by atoms with Crippen LogP contribution in [-0.2, 0) is 4.79 Å². The fourth-order valence-electron chi connectivity index (χ4n) is 3.41. The maximum absolute atomic E-state index is 12.8. The molecule has 1 aromatic rings. The minimum absolute atomic E-state index is 0.0550. The van der Waals surface area contributed by atoms with Crippen molar-refractivity contribution in [3.05, 3.63) is 33.7 Å². The summed E-state index contributed by atoms with van der Waals surface area (Å²) in [4.78, 5) is 42.4. The predicted octanol–water partition coefficient (Wildman–Crippen LogP) is 1.30. The Morgan fingerprint density at radius 1 is 1.30 bits per heavy atom. The van der Waals surface area contributed by atoms with Crippen LogP contribution in [0.25, 0.3) is 0 Å². The second-order valence-corrected chi connectivity index (χ2v) is 6.56. The number of aromatic amines is 1. The van der Waals surface area contributed by atoms with Crippen molar-refractivity contribution in [3.63, 3.8) is 0 Å². The van der Waals surface area contributed by atoms with E-state index < -0.39 is 0 Å². The Morgan fingerprint density at radius 3 is 2.65 bits per heavy atom. The second-order valence-electron chi connectivity index (χ2n) is 6.56. The van der Waals surface area contributed by atoms with Crippen molar-refractivity contribution >= 4 is 11.8 Å². The summed E-state index contributed by atoms with van der Waals surface area (Å²) in [5, 5.41) is 0. The Hall–Kier alpha value is -2.11. The topological polar surface area (TPSA) is 73.5 Å². The van der Waals surface area contributed by atoms with Gasteiger partial charge in [0.25, 0.3) is 5.91 Å². The molecule has 2 fully saturated rings. The van der Waals surface area contributed by atoms with Crippen LogP contribution in [0.4, 0.5) is 0 Å². The van der Waals surface area contributed by atoms with E-state index in [0.29, 0.717) is 30.4 Å². The van der Waals surface area contributed by atoms with E-state index in [0.717, 1.165) is 25.7 Å². The van der Waals surface area contributed by atoms with Gasteiger partial charge in [-0.05, 0) is 38.7 Å². The summed E-state index contributed by atoms with van der Waals surface area (Å²) in [5.41, 5.74) is 0.935. The van der Waals surface area contributed by atoms with E-state index >= 15 is 0 Å². The zero-order valence-corrected chi connectivity index (χ0v) is 13.7. The lowest BCUT2D eigenvalue weighted by Gasteiger charge is -2.30. The molecule has 1 saturated carbocycles. The number of carbonyl (C=O) groups excluding carboxylic acids is 2. The van der Waals surface area contributed by atoms with Crippen LogP contribution in [-0.4, -0.2) is 51.8 Å². The highest BCUT2D eigenvalue weighted by molar-refractivity contribution is 5.95. The lowest BCUT2D eigenvalue weighted by molar-refractivity contribution is -0.130. The summed E-state index contributed by atoms with van der Waals surface area (Å²) in [5.74, 6) is 0.0348. The predicted molar refractivity (Wildman–Crippen MR) is 86.3 cm³/mol. The summed E-state index contributed by atoms with van der Waals surface area (Å²) in [6, 6.07) is 3.41. The molecular weight excluding hydrogens is 294 g/mol. The molecule has 2 amide bonds. The van der Waals surface area contributed by atoms with Crippen LogP contribution in [0.3, 0.4) is 0 Å². The minimum Gasteiger partial charge on any atom is -0.338 e. The van der Waals surface area contributed by atoms with E-state index in [-0.39, 0.29) is 23.4 Å². The van der Waals surface area contributed by atoms with Gasteiger partial charge in [0, 0.05) is 43.9 Å². The Bertz CT molecular complexity index is 678. The van der Waals surface area contributed by atoms with Gasteiger partial charge in [0.2, 0.25) is 11.5 Å². The third kappa shape index (κ3) is 3.30. The Labute approximate surface area is 135 Å². The smallest absolute Gasteiger partial charge is 0.255 e. The maximum atomic E-state index is 12.8. The molecule has 0 aromatic carbocycles. The molecule has 6 nitrogen and oxygen atoms in total. The fourth-order valence-corrected chi connectivity index (χ4v) is 3.41. The minimum atomic E-state index is -0.200. The molecule has 1 saturated heterocycles. The molecular formula is C17H23N3O3. The molecule has 1 aliphatic carbocycles. The highest BCUT2D eigenvalue weighted by Gasteiger charge is 2.37. The van der Waals surface area contributed by atoms with Gasteiger partial charge >= 0.3 is 0 Å². The lowest BCUT2D eigenvalue weighted by Crippen LogP contribution is -2.45. The number of aromatic nitrogens is 1. The molecule has 1 atom stereocenters. The van der Waals surface area contributed by atoms with Gasteiger partial charge in [-0.15, -0.1) is 0 Å². The summed E-state index contributed by atoms with van der Waals surface area (Å²) in [7, 11) is 0. The number of nitrogens with one attached hydrogen (secondary N) is 1. The zero-order valence-electron chi connectivity index (χ0n) is 13.7. The lowest BCUT2D eigenvalue weighted by atomic mass is 10.1. The van der Waals surface area contributed by atoms with E-state index in [4.69, 9.17) is 0 Å². The van der Waals surface area contributed by atoms with E-state index in [1.807, 2.05) is 9.80 Å². The highest BCUT2D eigenvalue weighted by Crippen LogP contribution is 2.29. The summed E-state index contributed by atoms with van der Waals surface area (Å²) < 4.78 is 0. The molecule has 3 rings (SSSR count). The number of nitrogens with zero attached hydrogens (tertiary/aromatic N) is 2. The Kier molecular flexibility index (Phi) is 4.24. The first kappa shape index (κ1) is 15.8. The molecule has 6 heteroatoms. The van der Waals surface area contributed by atoms with Gasteiger partial charge in [-0.2, -0.15) is 0 Å². The molecule has 0 bridgehead atoms. The highest BCUT2D eigenvalue weighted by atomic mass is 16.2. The van der Waals surface area contributed by atoms with E-state index in [1.165, 1.54) is 6.07 Å². The molecule has 1 unspecified atom stereocenters. The average Bonchev–Trinajstić information content (AvgIpc) is 3.22. The van der Waals surface area contributed by atoms with E-state index in [1.54, 1.807) is 19.9 Å². The van der Waals surface area contributed by atoms with Crippen LogP contribution in [0.1, 0.15) is 48.7 Å². The Balaban J connectivity index is 1.76. The Morgan fingerprint density at radius 2 is 2.04 bits per heavy atom. The molecule has 23 heavy (non-hydrogen) atoms. The third-order valence-corrected chi connectivity index (χ3v) is 4.78. The van der Waals surface area contributed by atoms with Crippen molar-refractivity contribution in [2.24, 2.45) is 0 Å². The number of amides is 2. The molecule has 1 aliphatic heterocycles. The van der Waals surface area contributed by atoms with Crippen molar-refractivity contribution < 1.29 is 9.59 Å². The van der Waals surface area contributed by atoms with E-state index in [9.17, 15) is 14.4 Å². The largest absolute Gasteiger partial charge is 0.338 e. The van der Waals surface area contributed by atoms with Crippen molar-refractivity contribution in [3.8, 4) is 0 Å². The van der Waals surface area contributed by atoms with Crippen LogP contribution in [0.5, 0.6) is 0 Å². The van der Waals surface area contributed by atoms with Crippen LogP contribution in [0, 0.1) is 6.92 Å². The molecule has 124 valence electrons. The molecule has 2 heterocycles. The first-order valence-electron chi connectivity index (χ1n) is 8.25. The number of hydrogen-bond donors (Lipinski definition) is 1. The molecule has 0 radical (unpaired) electrons. The van der Waals surface area contributed by atoms with Gasteiger partial charge in [0.05, 0.1) is 5.56 Å². The van der Waals surface area contributed by atoms with Crippen molar-refractivity contribution in [1.82, 2.24) is 14.8 Å². The summed E-state index contributed by atoms with van der Waals surface area (Å²) in [6.07, 6.45) is 4.01.